The molecule has 7 heteroatoms. The van der Waals surface area contributed by atoms with Crippen molar-refractivity contribution in [2.75, 3.05) is 25.0 Å². The minimum atomic E-state index is -1.27. The minimum Gasteiger partial charge on any atom is -0.477 e. The highest BCUT2D eigenvalue weighted by Gasteiger charge is 2.28. The van der Waals surface area contributed by atoms with Crippen LogP contribution in [-0.4, -0.2) is 41.8 Å². The number of carboxylic acid groups (broad SMARTS) is 1. The summed E-state index contributed by atoms with van der Waals surface area (Å²) in [6.45, 7) is 1.49. The summed E-state index contributed by atoms with van der Waals surface area (Å²) in [4.78, 5) is 25.9. The lowest BCUT2D eigenvalue weighted by Crippen LogP contribution is -2.41. The Bertz CT molecular complexity index is 928. The van der Waals surface area contributed by atoms with E-state index in [4.69, 9.17) is 0 Å². The molecule has 0 atom stereocenters. The highest BCUT2D eigenvalue weighted by Crippen LogP contribution is 2.38. The van der Waals surface area contributed by atoms with Crippen molar-refractivity contribution in [1.82, 2.24) is 9.88 Å². The first-order valence-corrected chi connectivity index (χ1v) is 9.03. The zero-order valence-corrected chi connectivity index (χ0v) is 14.7. The van der Waals surface area contributed by atoms with Gasteiger partial charge < -0.3 is 19.9 Å². The van der Waals surface area contributed by atoms with Crippen molar-refractivity contribution in [3.8, 4) is 0 Å². The minimum absolute atomic E-state index is 0.142. The van der Waals surface area contributed by atoms with Gasteiger partial charge in [0.2, 0.25) is 5.43 Å². The Kier molecular flexibility index (Phi) is 4.19. The maximum absolute atomic E-state index is 14.8. The van der Waals surface area contributed by atoms with E-state index in [9.17, 15) is 19.1 Å². The Morgan fingerprint density at radius 3 is 2.50 bits per heavy atom. The third-order valence-corrected chi connectivity index (χ3v) is 5.52. The van der Waals surface area contributed by atoms with Gasteiger partial charge in [0, 0.05) is 36.8 Å². The second kappa shape index (κ2) is 6.39. The van der Waals surface area contributed by atoms with E-state index in [1.165, 1.54) is 12.3 Å². The second-order valence-corrected chi connectivity index (χ2v) is 7.19. The molecule has 0 bridgehead atoms. The SMILES string of the molecule is CNC1CCN(c2cc3c(cc2F)c(=O)c(C(=O)O)cn3C2CC2)CC1. The quantitative estimate of drug-likeness (QED) is 0.877. The largest absolute Gasteiger partial charge is 0.477 e. The Morgan fingerprint density at radius 1 is 1.23 bits per heavy atom. The first-order chi connectivity index (χ1) is 12.5. The van der Waals surface area contributed by atoms with Crippen LogP contribution in [0.15, 0.2) is 23.1 Å². The number of hydrogen-bond donors (Lipinski definition) is 2. The van der Waals surface area contributed by atoms with Crippen molar-refractivity contribution < 1.29 is 14.3 Å². The molecule has 2 N–H and O–H groups in total. The van der Waals surface area contributed by atoms with Crippen molar-refractivity contribution in [2.24, 2.45) is 0 Å². The zero-order valence-electron chi connectivity index (χ0n) is 14.7. The van der Waals surface area contributed by atoms with Gasteiger partial charge >= 0.3 is 5.97 Å². The van der Waals surface area contributed by atoms with Gasteiger partial charge in [-0.05, 0) is 44.9 Å². The topological polar surface area (TPSA) is 74.6 Å². The number of piperidine rings is 1. The summed E-state index contributed by atoms with van der Waals surface area (Å²) in [6, 6.07) is 3.56. The Labute approximate surface area is 150 Å². The lowest BCUT2D eigenvalue weighted by Gasteiger charge is -2.33. The number of carbonyl (C=O) groups is 1. The highest BCUT2D eigenvalue weighted by atomic mass is 19.1. The van der Waals surface area contributed by atoms with Crippen LogP contribution in [0.5, 0.6) is 0 Å². The van der Waals surface area contributed by atoms with Gasteiger partial charge in [0.1, 0.15) is 11.4 Å². The molecule has 1 aliphatic heterocycles. The molecule has 4 rings (SSSR count). The number of fused-ring (bicyclic) bond motifs is 1. The molecule has 1 saturated carbocycles. The molecule has 1 saturated heterocycles. The van der Waals surface area contributed by atoms with Crippen LogP contribution < -0.4 is 15.6 Å². The number of benzene rings is 1. The number of nitrogens with zero attached hydrogens (tertiary/aromatic N) is 2. The molecule has 2 fully saturated rings. The van der Waals surface area contributed by atoms with Crippen LogP contribution in [0.25, 0.3) is 10.9 Å². The zero-order chi connectivity index (χ0) is 18.4. The predicted octanol–water partition coefficient (Wildman–Crippen LogP) is 2.36. The molecule has 1 aliphatic carbocycles. The summed E-state index contributed by atoms with van der Waals surface area (Å²) in [5, 5.41) is 12.7. The van der Waals surface area contributed by atoms with Crippen molar-refractivity contribution in [2.45, 2.75) is 37.8 Å². The van der Waals surface area contributed by atoms with E-state index in [-0.39, 0.29) is 17.0 Å². The summed E-state index contributed by atoms with van der Waals surface area (Å²) < 4.78 is 16.6. The number of pyridine rings is 1. The molecule has 0 unspecified atom stereocenters. The molecule has 1 aromatic heterocycles. The Balaban J connectivity index is 1.83. The highest BCUT2D eigenvalue weighted by molar-refractivity contribution is 5.93. The van der Waals surface area contributed by atoms with E-state index in [1.807, 2.05) is 16.5 Å². The van der Waals surface area contributed by atoms with Crippen LogP contribution in [0.2, 0.25) is 0 Å². The van der Waals surface area contributed by atoms with Crippen LogP contribution in [0, 0.1) is 5.82 Å². The summed E-state index contributed by atoms with van der Waals surface area (Å²) in [5.74, 6) is -1.74. The number of nitrogens with one attached hydrogen (secondary N) is 1. The lowest BCUT2D eigenvalue weighted by molar-refractivity contribution is 0.0695. The molecule has 6 nitrogen and oxygen atoms in total. The third-order valence-electron chi connectivity index (χ3n) is 5.52. The number of hydrogen-bond acceptors (Lipinski definition) is 4. The van der Waals surface area contributed by atoms with Crippen molar-refractivity contribution >= 4 is 22.6 Å². The first-order valence-electron chi connectivity index (χ1n) is 9.03. The van der Waals surface area contributed by atoms with Gasteiger partial charge in [0.15, 0.2) is 0 Å². The fourth-order valence-corrected chi connectivity index (χ4v) is 3.82. The average molecular weight is 359 g/mol. The van der Waals surface area contributed by atoms with E-state index in [0.29, 0.717) is 17.2 Å². The maximum Gasteiger partial charge on any atom is 0.341 e. The molecule has 2 aromatic rings. The van der Waals surface area contributed by atoms with Gasteiger partial charge in [-0.2, -0.15) is 0 Å². The van der Waals surface area contributed by atoms with Gasteiger partial charge in [0.25, 0.3) is 0 Å². The molecular weight excluding hydrogens is 337 g/mol. The fraction of sp³-hybridized carbons (Fsp3) is 0.474. The Morgan fingerprint density at radius 2 is 1.92 bits per heavy atom. The molecule has 1 aromatic carbocycles. The molecule has 2 aliphatic rings. The number of carboxylic acids is 1. The molecule has 0 radical (unpaired) electrons. The number of aromatic carboxylic acids is 1. The van der Waals surface area contributed by atoms with E-state index < -0.39 is 17.2 Å². The number of aromatic nitrogens is 1. The van der Waals surface area contributed by atoms with Crippen LogP contribution in [0.1, 0.15) is 42.1 Å². The molecule has 0 spiro atoms. The van der Waals surface area contributed by atoms with Gasteiger partial charge in [-0.1, -0.05) is 0 Å². The average Bonchev–Trinajstić information content (AvgIpc) is 3.47. The van der Waals surface area contributed by atoms with Gasteiger partial charge in [-0.3, -0.25) is 4.79 Å². The first kappa shape index (κ1) is 17.0. The van der Waals surface area contributed by atoms with E-state index >= 15 is 0 Å². The van der Waals surface area contributed by atoms with Crippen LogP contribution in [-0.2, 0) is 0 Å². The third kappa shape index (κ3) is 2.86. The predicted molar refractivity (Wildman–Crippen MR) is 97.7 cm³/mol. The van der Waals surface area contributed by atoms with Crippen LogP contribution in [0.4, 0.5) is 10.1 Å². The number of anilines is 1. The van der Waals surface area contributed by atoms with Gasteiger partial charge in [-0.25, -0.2) is 9.18 Å². The van der Waals surface area contributed by atoms with Crippen LogP contribution in [0.3, 0.4) is 0 Å². The standard InChI is InChI=1S/C19H22FN3O3/c1-21-11-4-6-22(7-5-11)17-9-16-13(8-15(17)20)18(24)14(19(25)26)10-23(16)12-2-3-12/h8-12,21H,2-7H2,1H3,(H,25,26). The van der Waals surface area contributed by atoms with E-state index in [0.717, 1.165) is 38.8 Å². The summed E-state index contributed by atoms with van der Waals surface area (Å²) in [7, 11) is 1.94. The summed E-state index contributed by atoms with van der Waals surface area (Å²) in [6.07, 6.45) is 5.16. The molecule has 138 valence electrons. The van der Waals surface area contributed by atoms with Crippen molar-refractivity contribution in [3.63, 3.8) is 0 Å². The fourth-order valence-electron chi connectivity index (χ4n) is 3.82. The molecule has 26 heavy (non-hydrogen) atoms. The van der Waals surface area contributed by atoms with Gasteiger partial charge in [0.05, 0.1) is 11.2 Å². The van der Waals surface area contributed by atoms with Crippen LogP contribution >= 0.6 is 0 Å². The Hall–Kier alpha value is -2.41. The molecule has 0 amide bonds. The van der Waals surface area contributed by atoms with E-state index in [2.05, 4.69) is 5.32 Å². The second-order valence-electron chi connectivity index (χ2n) is 7.19. The molecule has 2 heterocycles. The summed E-state index contributed by atoms with van der Waals surface area (Å²) >= 11 is 0. The monoisotopic (exact) mass is 359 g/mol. The number of halogens is 1. The number of rotatable bonds is 4. The lowest BCUT2D eigenvalue weighted by atomic mass is 10.0. The van der Waals surface area contributed by atoms with E-state index in [1.54, 1.807) is 6.07 Å². The summed E-state index contributed by atoms with van der Waals surface area (Å²) in [5.41, 5.74) is 0.189. The smallest absolute Gasteiger partial charge is 0.341 e. The molecular formula is C19H22FN3O3. The van der Waals surface area contributed by atoms with Crippen molar-refractivity contribution in [1.29, 1.82) is 0 Å². The normalized spacial score (nSPS) is 18.5. The van der Waals surface area contributed by atoms with Gasteiger partial charge in [-0.15, -0.1) is 0 Å². The maximum atomic E-state index is 14.8. The van der Waals surface area contributed by atoms with Crippen molar-refractivity contribution in [3.05, 3.63) is 39.9 Å².